The van der Waals surface area contributed by atoms with Crippen LogP contribution in [0.25, 0.3) is 0 Å². The fourth-order valence-electron chi connectivity index (χ4n) is 3.71. The smallest absolute Gasteiger partial charge is 0.197 e. The van der Waals surface area contributed by atoms with Crippen molar-refractivity contribution in [3.63, 3.8) is 0 Å². The van der Waals surface area contributed by atoms with E-state index in [0.717, 1.165) is 23.4 Å². The van der Waals surface area contributed by atoms with Crippen LogP contribution in [0.15, 0.2) is 65.7 Å². The fraction of sp³-hybridized carbons (Fsp3) is 0.273. The van der Waals surface area contributed by atoms with Crippen molar-refractivity contribution in [2.24, 2.45) is 10.7 Å². The summed E-state index contributed by atoms with van der Waals surface area (Å²) in [5.41, 5.74) is 11.1. The molecule has 6 heteroatoms. The Bertz CT molecular complexity index is 1000. The molecule has 3 aromatic rings. The molecule has 2 aromatic carbocycles. The Balaban J connectivity index is 1.43. The number of nitrogens with two attached hydrogens (primary N) is 1. The highest BCUT2D eigenvalue weighted by atomic mass is 15.3. The summed E-state index contributed by atoms with van der Waals surface area (Å²) in [5.74, 6) is 1.27. The van der Waals surface area contributed by atoms with Gasteiger partial charge in [-0.25, -0.2) is 0 Å². The molecule has 2 heterocycles. The van der Waals surface area contributed by atoms with Crippen molar-refractivity contribution in [1.29, 1.82) is 0 Å². The van der Waals surface area contributed by atoms with Crippen LogP contribution >= 0.6 is 0 Å². The number of H-pyrrole nitrogens is 1. The Hall–Kier alpha value is -3.12. The van der Waals surface area contributed by atoms with Gasteiger partial charge in [0.05, 0.1) is 0 Å². The molecule has 5 rings (SSSR count). The maximum atomic E-state index is 6.88. The molecule has 0 bridgehead atoms. The molecule has 0 saturated heterocycles. The Morgan fingerprint density at radius 1 is 1.07 bits per heavy atom. The molecule has 1 fully saturated rings. The minimum absolute atomic E-state index is 0.598. The van der Waals surface area contributed by atoms with Gasteiger partial charge in [0.25, 0.3) is 0 Å². The third kappa shape index (κ3) is 3.16. The van der Waals surface area contributed by atoms with Gasteiger partial charge in [-0.1, -0.05) is 48.5 Å². The van der Waals surface area contributed by atoms with Crippen LogP contribution in [0, 0.1) is 0 Å². The number of guanidine groups is 1. The van der Waals surface area contributed by atoms with Crippen molar-refractivity contribution in [3.05, 3.63) is 83.2 Å². The number of hydrogen-bond donors (Lipinski definition) is 4. The molecular weight excluding hydrogens is 348 g/mol. The van der Waals surface area contributed by atoms with Gasteiger partial charge in [-0.3, -0.25) is 15.8 Å². The number of aromatic amines is 1. The average molecular weight is 372 g/mol. The Labute approximate surface area is 164 Å². The monoisotopic (exact) mass is 372 g/mol. The molecule has 1 atom stereocenters. The summed E-state index contributed by atoms with van der Waals surface area (Å²) in [4.78, 5) is 4.73. The number of nitrogens with zero attached hydrogens (tertiary/aromatic N) is 2. The fourth-order valence-corrected chi connectivity index (χ4v) is 3.71. The predicted molar refractivity (Wildman–Crippen MR) is 111 cm³/mol. The highest BCUT2D eigenvalue weighted by Gasteiger charge is 2.39. The molecule has 1 saturated carbocycles. The van der Waals surface area contributed by atoms with Gasteiger partial charge >= 0.3 is 0 Å². The number of benzene rings is 2. The van der Waals surface area contributed by atoms with Crippen molar-refractivity contribution in [1.82, 2.24) is 15.5 Å². The molecule has 0 radical (unpaired) electrons. The summed E-state index contributed by atoms with van der Waals surface area (Å²) >= 11 is 0. The van der Waals surface area contributed by atoms with Crippen molar-refractivity contribution in [2.45, 2.75) is 30.8 Å². The van der Waals surface area contributed by atoms with E-state index in [4.69, 9.17) is 10.7 Å². The van der Waals surface area contributed by atoms with Crippen LogP contribution in [0.4, 0.5) is 5.69 Å². The van der Waals surface area contributed by atoms with Gasteiger partial charge in [0, 0.05) is 29.4 Å². The van der Waals surface area contributed by atoms with Crippen LogP contribution in [0.1, 0.15) is 41.3 Å². The van der Waals surface area contributed by atoms with Gasteiger partial charge in [-0.05, 0) is 37.0 Å². The summed E-state index contributed by atoms with van der Waals surface area (Å²) in [5, 5.41) is 14.5. The second kappa shape index (κ2) is 6.80. The van der Waals surface area contributed by atoms with Gasteiger partial charge in [0.2, 0.25) is 0 Å². The summed E-state index contributed by atoms with van der Waals surface area (Å²) < 4.78 is 0. The SMILES string of the molecule is NC1(c2cc(C3CC3)[nH]n2)NC(=NCCc2ccccc2)Nc2ccccc21. The van der Waals surface area contributed by atoms with E-state index in [1.165, 1.54) is 24.1 Å². The Morgan fingerprint density at radius 3 is 2.68 bits per heavy atom. The Kier molecular flexibility index (Phi) is 4.13. The third-order valence-corrected chi connectivity index (χ3v) is 5.45. The molecule has 5 N–H and O–H groups in total. The number of anilines is 1. The zero-order valence-corrected chi connectivity index (χ0v) is 15.7. The summed E-state index contributed by atoms with van der Waals surface area (Å²) in [6, 6.07) is 20.5. The van der Waals surface area contributed by atoms with Crippen molar-refractivity contribution < 1.29 is 0 Å². The summed E-state index contributed by atoms with van der Waals surface area (Å²) in [6.07, 6.45) is 3.31. The molecule has 0 amide bonds. The zero-order chi connectivity index (χ0) is 19.0. The first-order valence-electron chi connectivity index (χ1n) is 9.80. The number of para-hydroxylation sites is 1. The number of nitrogens with one attached hydrogen (secondary N) is 3. The van der Waals surface area contributed by atoms with Crippen LogP contribution in [-0.4, -0.2) is 22.7 Å². The topological polar surface area (TPSA) is 91.1 Å². The van der Waals surface area contributed by atoms with Crippen LogP contribution in [0.2, 0.25) is 0 Å². The first-order chi connectivity index (χ1) is 13.7. The molecule has 28 heavy (non-hydrogen) atoms. The minimum Gasteiger partial charge on any atom is -0.329 e. The number of aliphatic imine (C=N–C) groups is 1. The van der Waals surface area contributed by atoms with Gasteiger partial charge < -0.3 is 10.6 Å². The van der Waals surface area contributed by atoms with Gasteiger partial charge in [0.15, 0.2) is 11.6 Å². The largest absolute Gasteiger partial charge is 0.329 e. The first kappa shape index (κ1) is 17.0. The highest BCUT2D eigenvalue weighted by molar-refractivity contribution is 5.98. The molecule has 1 aliphatic heterocycles. The van der Waals surface area contributed by atoms with E-state index in [1.54, 1.807) is 0 Å². The number of rotatable bonds is 5. The lowest BCUT2D eigenvalue weighted by Crippen LogP contribution is -2.59. The standard InChI is InChI=1S/C22H24N6/c23-22(20-14-19(27-28-20)16-10-11-16)17-8-4-5-9-18(17)25-21(26-22)24-13-12-15-6-2-1-3-7-15/h1-9,14,16H,10-13,23H2,(H,27,28)(H2,24,25,26). The molecule has 6 nitrogen and oxygen atoms in total. The van der Waals surface area contributed by atoms with E-state index in [0.29, 0.717) is 18.4 Å². The average Bonchev–Trinajstić information content (AvgIpc) is 3.45. The van der Waals surface area contributed by atoms with E-state index < -0.39 is 5.66 Å². The zero-order valence-electron chi connectivity index (χ0n) is 15.7. The molecule has 1 aliphatic carbocycles. The van der Waals surface area contributed by atoms with Crippen LogP contribution in [-0.2, 0) is 12.1 Å². The summed E-state index contributed by atoms with van der Waals surface area (Å²) in [7, 11) is 0. The first-order valence-corrected chi connectivity index (χ1v) is 9.80. The maximum Gasteiger partial charge on any atom is 0.197 e. The molecule has 1 aromatic heterocycles. The lowest BCUT2D eigenvalue weighted by atomic mass is 9.93. The van der Waals surface area contributed by atoms with Crippen LogP contribution < -0.4 is 16.4 Å². The molecular formula is C22H24N6. The highest BCUT2D eigenvalue weighted by Crippen LogP contribution is 2.40. The van der Waals surface area contributed by atoms with Gasteiger partial charge in [-0.2, -0.15) is 5.10 Å². The number of hydrogen-bond acceptors (Lipinski definition) is 3. The molecule has 0 spiro atoms. The second-order valence-corrected chi connectivity index (χ2v) is 7.55. The lowest BCUT2D eigenvalue weighted by molar-refractivity contribution is 0.476. The molecule has 1 unspecified atom stereocenters. The third-order valence-electron chi connectivity index (χ3n) is 5.45. The van der Waals surface area contributed by atoms with Crippen molar-refractivity contribution >= 4 is 11.6 Å². The van der Waals surface area contributed by atoms with Crippen molar-refractivity contribution in [3.8, 4) is 0 Å². The minimum atomic E-state index is -0.920. The predicted octanol–water partition coefficient (Wildman–Crippen LogP) is 3.06. The number of aromatic nitrogens is 2. The van der Waals surface area contributed by atoms with E-state index in [2.05, 4.69) is 51.2 Å². The van der Waals surface area contributed by atoms with E-state index in [9.17, 15) is 0 Å². The number of fused-ring (bicyclic) bond motifs is 1. The summed E-state index contributed by atoms with van der Waals surface area (Å²) in [6.45, 7) is 0.672. The van der Waals surface area contributed by atoms with E-state index in [-0.39, 0.29) is 0 Å². The second-order valence-electron chi connectivity index (χ2n) is 7.55. The van der Waals surface area contributed by atoms with Gasteiger partial charge in [0.1, 0.15) is 5.69 Å². The quantitative estimate of drug-likeness (QED) is 0.554. The van der Waals surface area contributed by atoms with Crippen LogP contribution in [0.3, 0.4) is 0 Å². The van der Waals surface area contributed by atoms with E-state index >= 15 is 0 Å². The lowest BCUT2D eigenvalue weighted by Gasteiger charge is -2.37. The Morgan fingerprint density at radius 2 is 1.86 bits per heavy atom. The maximum absolute atomic E-state index is 6.88. The van der Waals surface area contributed by atoms with Crippen LogP contribution in [0.5, 0.6) is 0 Å². The van der Waals surface area contributed by atoms with Crippen molar-refractivity contribution in [2.75, 3.05) is 11.9 Å². The molecule has 2 aliphatic rings. The normalized spacial score (nSPS) is 22.4. The molecule has 142 valence electrons. The van der Waals surface area contributed by atoms with Gasteiger partial charge in [-0.15, -0.1) is 0 Å². The van der Waals surface area contributed by atoms with E-state index in [1.807, 2.05) is 30.3 Å².